The molecule has 66 valence electrons. The van der Waals surface area contributed by atoms with Crippen LogP contribution in [0, 0.1) is 0 Å². The van der Waals surface area contributed by atoms with Gasteiger partial charge in [0.1, 0.15) is 0 Å². The van der Waals surface area contributed by atoms with Crippen molar-refractivity contribution in [2.75, 3.05) is 0 Å². The Bertz CT molecular complexity index is 398. The van der Waals surface area contributed by atoms with Crippen LogP contribution in [-0.4, -0.2) is 11.9 Å². The summed E-state index contributed by atoms with van der Waals surface area (Å²) in [5.74, 6) is -0.594. The number of thiol groups is 1. The van der Waals surface area contributed by atoms with Crippen molar-refractivity contribution in [3.63, 3.8) is 0 Å². The van der Waals surface area contributed by atoms with Gasteiger partial charge in [-0.25, -0.2) is 9.59 Å². The number of benzene rings is 1. The van der Waals surface area contributed by atoms with Gasteiger partial charge in [-0.1, -0.05) is 6.07 Å². The van der Waals surface area contributed by atoms with Crippen molar-refractivity contribution >= 4 is 24.6 Å². The van der Waals surface area contributed by atoms with Crippen LogP contribution in [0.2, 0.25) is 0 Å². The minimum absolute atomic E-state index is 0.343. The quantitative estimate of drug-likeness (QED) is 0.418. The van der Waals surface area contributed by atoms with Crippen LogP contribution >= 0.6 is 12.6 Å². The second-order valence-electron chi connectivity index (χ2n) is 2.72. The average molecular weight is 194 g/mol. The largest absolute Gasteiger partial charge is 0.386 e. The number of esters is 2. The van der Waals surface area contributed by atoms with Gasteiger partial charge in [0, 0.05) is 5.75 Å². The topological polar surface area (TPSA) is 43.4 Å². The summed E-state index contributed by atoms with van der Waals surface area (Å²) >= 11 is 4.07. The Morgan fingerprint density at radius 2 is 1.85 bits per heavy atom. The molecule has 0 saturated heterocycles. The van der Waals surface area contributed by atoms with Crippen LogP contribution in [0.15, 0.2) is 18.2 Å². The third kappa shape index (κ3) is 1.23. The van der Waals surface area contributed by atoms with Gasteiger partial charge < -0.3 is 4.74 Å². The molecule has 0 aliphatic carbocycles. The Labute approximate surface area is 80.1 Å². The van der Waals surface area contributed by atoms with Gasteiger partial charge in [-0.2, -0.15) is 12.6 Å². The first-order chi connectivity index (χ1) is 6.22. The van der Waals surface area contributed by atoms with E-state index in [0.717, 1.165) is 5.56 Å². The van der Waals surface area contributed by atoms with E-state index in [1.165, 1.54) is 0 Å². The predicted octanol–water partition coefficient (Wildman–Crippen LogP) is 1.43. The molecule has 3 nitrogen and oxygen atoms in total. The molecule has 0 unspecified atom stereocenters. The van der Waals surface area contributed by atoms with Gasteiger partial charge in [0.15, 0.2) is 0 Å². The van der Waals surface area contributed by atoms with Crippen molar-refractivity contribution in [3.8, 4) is 0 Å². The summed E-state index contributed by atoms with van der Waals surface area (Å²) in [5, 5.41) is 0. The molecule has 1 aromatic carbocycles. The lowest BCUT2D eigenvalue weighted by molar-refractivity contribution is 0.0444. The number of hydrogen-bond acceptors (Lipinski definition) is 4. The van der Waals surface area contributed by atoms with E-state index in [1.54, 1.807) is 18.2 Å². The van der Waals surface area contributed by atoms with E-state index in [4.69, 9.17) is 0 Å². The van der Waals surface area contributed by atoms with E-state index >= 15 is 0 Å². The summed E-state index contributed by atoms with van der Waals surface area (Å²) in [6.07, 6.45) is 0. The first-order valence-corrected chi connectivity index (χ1v) is 4.36. The fourth-order valence-corrected chi connectivity index (χ4v) is 1.43. The van der Waals surface area contributed by atoms with Crippen LogP contribution in [0.3, 0.4) is 0 Å². The van der Waals surface area contributed by atoms with Crippen LogP contribution in [0.5, 0.6) is 0 Å². The lowest BCUT2D eigenvalue weighted by atomic mass is 10.1. The zero-order chi connectivity index (χ0) is 9.42. The van der Waals surface area contributed by atoms with Gasteiger partial charge in [0.05, 0.1) is 11.1 Å². The average Bonchev–Trinajstić information content (AvgIpc) is 2.42. The zero-order valence-corrected chi connectivity index (χ0v) is 7.51. The van der Waals surface area contributed by atoms with Crippen molar-refractivity contribution < 1.29 is 14.3 Å². The molecule has 0 bridgehead atoms. The zero-order valence-electron chi connectivity index (χ0n) is 6.61. The van der Waals surface area contributed by atoms with E-state index in [-0.39, 0.29) is 0 Å². The molecule has 1 aliphatic heterocycles. The Hall–Kier alpha value is -1.29. The summed E-state index contributed by atoms with van der Waals surface area (Å²) in [4.78, 5) is 22.1. The minimum atomic E-state index is -0.566. The first-order valence-electron chi connectivity index (χ1n) is 3.72. The smallest absolute Gasteiger partial charge is 0.346 e. The molecule has 0 radical (unpaired) electrons. The highest BCUT2D eigenvalue weighted by Crippen LogP contribution is 2.21. The fraction of sp³-hybridized carbons (Fsp3) is 0.111. The normalized spacial score (nSPS) is 14.2. The predicted molar refractivity (Wildman–Crippen MR) is 48.9 cm³/mol. The van der Waals surface area contributed by atoms with E-state index in [1.807, 2.05) is 0 Å². The van der Waals surface area contributed by atoms with Crippen molar-refractivity contribution in [3.05, 3.63) is 34.9 Å². The minimum Gasteiger partial charge on any atom is -0.386 e. The molecular formula is C9H6O3S. The summed E-state index contributed by atoms with van der Waals surface area (Å²) < 4.78 is 4.43. The van der Waals surface area contributed by atoms with Crippen molar-refractivity contribution in [2.24, 2.45) is 0 Å². The van der Waals surface area contributed by atoms with Crippen molar-refractivity contribution in [2.45, 2.75) is 5.75 Å². The molecule has 0 fully saturated rings. The second-order valence-corrected chi connectivity index (χ2v) is 3.03. The molecule has 0 N–H and O–H groups in total. The maximum atomic E-state index is 11.1. The van der Waals surface area contributed by atoms with Crippen LogP contribution in [0.25, 0.3) is 0 Å². The molecule has 0 saturated carbocycles. The standard InChI is InChI=1S/C9H6O3S/c10-8-6-2-1-5(4-13)3-7(6)9(11)12-8/h1-3,13H,4H2. The summed E-state index contributed by atoms with van der Waals surface area (Å²) in [6, 6.07) is 4.98. The molecule has 4 heteroatoms. The van der Waals surface area contributed by atoms with Gasteiger partial charge in [0.2, 0.25) is 0 Å². The monoisotopic (exact) mass is 194 g/mol. The van der Waals surface area contributed by atoms with Gasteiger partial charge >= 0.3 is 11.9 Å². The third-order valence-corrected chi connectivity index (χ3v) is 2.26. The van der Waals surface area contributed by atoms with E-state index < -0.39 is 11.9 Å². The van der Waals surface area contributed by atoms with Crippen LogP contribution in [-0.2, 0) is 10.5 Å². The molecule has 2 rings (SSSR count). The molecule has 0 atom stereocenters. The lowest BCUT2D eigenvalue weighted by Gasteiger charge is -1.96. The highest BCUT2D eigenvalue weighted by Gasteiger charge is 2.29. The van der Waals surface area contributed by atoms with Gasteiger partial charge in [-0.15, -0.1) is 0 Å². The Morgan fingerprint density at radius 1 is 1.15 bits per heavy atom. The lowest BCUT2D eigenvalue weighted by Crippen LogP contribution is -1.96. The maximum absolute atomic E-state index is 11.1. The molecule has 0 aromatic heterocycles. The maximum Gasteiger partial charge on any atom is 0.346 e. The highest BCUT2D eigenvalue weighted by atomic mass is 32.1. The number of carbonyl (C=O) groups excluding carboxylic acids is 2. The number of rotatable bonds is 1. The molecule has 1 aliphatic rings. The van der Waals surface area contributed by atoms with E-state index in [9.17, 15) is 9.59 Å². The molecule has 1 heterocycles. The van der Waals surface area contributed by atoms with E-state index in [2.05, 4.69) is 17.4 Å². The van der Waals surface area contributed by atoms with Crippen LogP contribution in [0.1, 0.15) is 26.3 Å². The number of carbonyl (C=O) groups is 2. The Morgan fingerprint density at radius 3 is 2.54 bits per heavy atom. The third-order valence-electron chi connectivity index (χ3n) is 1.89. The molecule has 1 aromatic rings. The summed E-state index contributed by atoms with van der Waals surface area (Å²) in [5.41, 5.74) is 1.58. The van der Waals surface area contributed by atoms with Crippen LogP contribution in [0.4, 0.5) is 0 Å². The first kappa shape index (κ1) is 8.31. The van der Waals surface area contributed by atoms with Crippen LogP contribution < -0.4 is 0 Å². The second kappa shape index (κ2) is 2.88. The fourth-order valence-electron chi connectivity index (χ4n) is 1.23. The number of ether oxygens (including phenoxy) is 1. The Balaban J connectivity index is 2.58. The van der Waals surface area contributed by atoms with Gasteiger partial charge in [-0.3, -0.25) is 0 Å². The Kier molecular flexibility index (Phi) is 1.84. The molecule has 0 spiro atoms. The SMILES string of the molecule is O=C1OC(=O)c2cc(CS)ccc21. The number of fused-ring (bicyclic) bond motifs is 1. The highest BCUT2D eigenvalue weighted by molar-refractivity contribution is 7.79. The van der Waals surface area contributed by atoms with E-state index in [0.29, 0.717) is 16.9 Å². The molecule has 0 amide bonds. The van der Waals surface area contributed by atoms with Crippen molar-refractivity contribution in [1.82, 2.24) is 0 Å². The summed E-state index contributed by atoms with van der Waals surface area (Å²) in [6.45, 7) is 0. The molecule has 13 heavy (non-hydrogen) atoms. The van der Waals surface area contributed by atoms with Crippen molar-refractivity contribution in [1.29, 1.82) is 0 Å². The number of cyclic esters (lactones) is 2. The molecular weight excluding hydrogens is 188 g/mol. The van der Waals surface area contributed by atoms with Gasteiger partial charge in [-0.05, 0) is 17.7 Å². The number of hydrogen-bond donors (Lipinski definition) is 1. The summed E-state index contributed by atoms with van der Waals surface area (Å²) in [7, 11) is 0. The van der Waals surface area contributed by atoms with Gasteiger partial charge in [0.25, 0.3) is 0 Å².